The van der Waals surface area contributed by atoms with E-state index in [1.165, 1.54) is 7.05 Å². The number of ether oxygens (including phenoxy) is 2. The minimum absolute atomic E-state index is 0.100. The van der Waals surface area contributed by atoms with Crippen molar-refractivity contribution in [2.45, 2.75) is 19.9 Å². The van der Waals surface area contributed by atoms with Gasteiger partial charge in [-0.2, -0.15) is 4.57 Å². The molecule has 4 rings (SSSR count). The van der Waals surface area contributed by atoms with Crippen LogP contribution in [-0.4, -0.2) is 41.7 Å². The number of amides is 3. The second-order valence-corrected chi connectivity index (χ2v) is 9.17. The normalized spacial score (nSPS) is 10.4. The van der Waals surface area contributed by atoms with Crippen LogP contribution in [-0.2, 0) is 29.4 Å². The number of pyridine rings is 1. The third-order valence-electron chi connectivity index (χ3n) is 5.97. The van der Waals surface area contributed by atoms with Crippen LogP contribution < -0.4 is 19.9 Å². The van der Waals surface area contributed by atoms with Crippen molar-refractivity contribution in [2.75, 3.05) is 18.9 Å². The molecule has 0 radical (unpaired) electrons. The molecule has 0 saturated heterocycles. The molecule has 0 aliphatic carbocycles. The van der Waals surface area contributed by atoms with Gasteiger partial charge in [0.1, 0.15) is 18.9 Å². The number of aliphatic carboxylic acids is 1. The fraction of sp³-hybridized carbons (Fsp3) is 0.161. The summed E-state index contributed by atoms with van der Waals surface area (Å²) in [5.41, 5.74) is 4.49. The van der Waals surface area contributed by atoms with E-state index < -0.39 is 18.6 Å². The molecule has 0 fully saturated rings. The Morgan fingerprint density at radius 3 is 2.37 bits per heavy atom. The van der Waals surface area contributed by atoms with Gasteiger partial charge in [-0.15, -0.1) is 0 Å². The molecule has 4 aromatic rings. The van der Waals surface area contributed by atoms with Crippen molar-refractivity contribution in [1.29, 1.82) is 0 Å². The molecule has 0 atom stereocenters. The molecule has 1 heterocycles. The van der Waals surface area contributed by atoms with E-state index in [9.17, 15) is 14.4 Å². The molecule has 0 bridgehead atoms. The number of nitrogens with one attached hydrogen (secondary N) is 2. The lowest BCUT2D eigenvalue weighted by atomic mass is 10.0. The summed E-state index contributed by atoms with van der Waals surface area (Å²) in [4.78, 5) is 36.0. The van der Waals surface area contributed by atoms with Crippen LogP contribution >= 0.6 is 0 Å². The molecule has 0 spiro atoms. The van der Waals surface area contributed by atoms with Crippen LogP contribution in [0.5, 0.6) is 5.75 Å². The first-order valence-corrected chi connectivity index (χ1v) is 12.9. The van der Waals surface area contributed by atoms with Crippen molar-refractivity contribution in [1.82, 2.24) is 10.2 Å². The SMILES string of the molecule is CN(CC(=O)O)C(=O)OC[n+]1cccc(CNC(=O)Nc2ccc(COc3ccccc3-c3ccccc3)cc2)c1. The zero-order chi connectivity index (χ0) is 29.0. The Balaban J connectivity index is 1.23. The number of carbonyl (C=O) groups excluding carboxylic acids is 2. The molecular formula is C31H31N4O6+. The maximum absolute atomic E-state index is 12.4. The minimum atomic E-state index is -1.13. The Morgan fingerprint density at radius 1 is 0.878 bits per heavy atom. The smallest absolute Gasteiger partial charge is 0.414 e. The lowest BCUT2D eigenvalue weighted by molar-refractivity contribution is -0.727. The van der Waals surface area contributed by atoms with Gasteiger partial charge in [0.05, 0.1) is 6.54 Å². The molecule has 210 valence electrons. The van der Waals surface area contributed by atoms with Crippen molar-refractivity contribution in [3.63, 3.8) is 0 Å². The Morgan fingerprint density at radius 2 is 1.61 bits per heavy atom. The lowest BCUT2D eigenvalue weighted by Crippen LogP contribution is -2.40. The van der Waals surface area contributed by atoms with Crippen molar-refractivity contribution in [3.8, 4) is 16.9 Å². The first-order chi connectivity index (χ1) is 19.9. The lowest BCUT2D eigenvalue weighted by Gasteiger charge is -2.13. The van der Waals surface area contributed by atoms with Crippen LogP contribution in [0.1, 0.15) is 11.1 Å². The molecule has 41 heavy (non-hydrogen) atoms. The van der Waals surface area contributed by atoms with Crippen LogP contribution in [0.25, 0.3) is 11.1 Å². The summed E-state index contributed by atoms with van der Waals surface area (Å²) in [6.07, 6.45) is 2.66. The molecule has 10 heteroatoms. The van der Waals surface area contributed by atoms with Crippen molar-refractivity contribution >= 4 is 23.8 Å². The van der Waals surface area contributed by atoms with E-state index in [2.05, 4.69) is 10.6 Å². The highest BCUT2D eigenvalue weighted by Crippen LogP contribution is 2.30. The number of anilines is 1. The zero-order valence-corrected chi connectivity index (χ0v) is 22.5. The van der Waals surface area contributed by atoms with Gasteiger partial charge < -0.3 is 30.1 Å². The zero-order valence-electron chi connectivity index (χ0n) is 22.5. The van der Waals surface area contributed by atoms with E-state index in [0.717, 1.165) is 32.9 Å². The summed E-state index contributed by atoms with van der Waals surface area (Å²) in [7, 11) is 1.34. The quantitative estimate of drug-likeness (QED) is 0.232. The Bertz CT molecular complexity index is 1480. The molecular weight excluding hydrogens is 524 g/mol. The Kier molecular flexibility index (Phi) is 9.87. The minimum Gasteiger partial charge on any atom is -0.488 e. The second-order valence-electron chi connectivity index (χ2n) is 9.17. The summed E-state index contributed by atoms with van der Waals surface area (Å²) in [6.45, 7) is 0.0703. The van der Waals surface area contributed by atoms with E-state index >= 15 is 0 Å². The summed E-state index contributed by atoms with van der Waals surface area (Å²) < 4.78 is 12.8. The molecule has 3 amide bonds. The third-order valence-corrected chi connectivity index (χ3v) is 5.97. The van der Waals surface area contributed by atoms with Crippen LogP contribution in [0, 0.1) is 0 Å². The van der Waals surface area contributed by atoms with E-state index in [1.54, 1.807) is 23.0 Å². The van der Waals surface area contributed by atoms with Gasteiger partial charge >= 0.3 is 18.1 Å². The van der Waals surface area contributed by atoms with Crippen LogP contribution in [0.2, 0.25) is 0 Å². The highest BCUT2D eigenvalue weighted by Gasteiger charge is 2.15. The van der Waals surface area contributed by atoms with Crippen LogP contribution in [0.15, 0.2) is 103 Å². The van der Waals surface area contributed by atoms with Gasteiger partial charge in [-0.3, -0.25) is 4.79 Å². The topological polar surface area (TPSA) is 121 Å². The average Bonchev–Trinajstić information content (AvgIpc) is 2.99. The molecule has 0 unspecified atom stereocenters. The first-order valence-electron chi connectivity index (χ1n) is 12.9. The van der Waals surface area contributed by atoms with E-state index in [-0.39, 0.29) is 19.3 Å². The van der Waals surface area contributed by atoms with Crippen molar-refractivity contribution < 1.29 is 33.5 Å². The Hall–Kier alpha value is -5.38. The molecule has 3 N–H and O–H groups in total. The van der Waals surface area contributed by atoms with E-state index in [4.69, 9.17) is 14.6 Å². The maximum Gasteiger partial charge on any atom is 0.414 e. The number of urea groups is 1. The standard InChI is InChI=1S/C31H30N4O6/c1-34(20-29(36)37)31(39)41-22-35-17-7-8-24(19-35)18-32-30(38)33-26-15-13-23(14-16-26)21-40-28-12-6-5-11-27(28)25-9-3-2-4-10-25/h2-17,19H,18,20-22H2,1H3,(H2-,32,33,36,37,38)/p+1. The highest BCUT2D eigenvalue weighted by atomic mass is 16.6. The van der Waals surface area contributed by atoms with Crippen LogP contribution in [0.4, 0.5) is 15.3 Å². The monoisotopic (exact) mass is 555 g/mol. The van der Waals surface area contributed by atoms with E-state index in [1.807, 2.05) is 84.9 Å². The average molecular weight is 556 g/mol. The number of carboxylic acid groups (broad SMARTS) is 1. The second kappa shape index (κ2) is 14.1. The fourth-order valence-electron chi connectivity index (χ4n) is 3.92. The van der Waals surface area contributed by atoms with Gasteiger partial charge in [0.2, 0.25) is 0 Å². The highest BCUT2D eigenvalue weighted by molar-refractivity contribution is 5.89. The number of nitrogens with zero attached hydrogens (tertiary/aromatic N) is 2. The first kappa shape index (κ1) is 28.6. The summed E-state index contributed by atoms with van der Waals surface area (Å²) in [6, 6.07) is 28.6. The number of rotatable bonds is 11. The molecule has 0 aliphatic heterocycles. The van der Waals surface area contributed by atoms with Gasteiger partial charge in [-0.1, -0.05) is 60.7 Å². The predicted octanol–water partition coefficient (Wildman–Crippen LogP) is 4.65. The summed E-state index contributed by atoms with van der Waals surface area (Å²) in [5, 5.41) is 14.4. The number of benzene rings is 3. The largest absolute Gasteiger partial charge is 0.488 e. The maximum atomic E-state index is 12.4. The Labute approximate surface area is 237 Å². The molecule has 0 aliphatic rings. The summed E-state index contributed by atoms with van der Waals surface area (Å²) in [5.74, 6) is -0.333. The van der Waals surface area contributed by atoms with Crippen molar-refractivity contribution in [2.24, 2.45) is 0 Å². The molecule has 10 nitrogen and oxygen atoms in total. The molecule has 0 saturated carbocycles. The number of likely N-dealkylation sites (N-methyl/N-ethyl adjacent to an activating group) is 1. The molecule has 1 aromatic heterocycles. The predicted molar refractivity (Wildman–Crippen MR) is 152 cm³/mol. The van der Waals surface area contributed by atoms with Gasteiger partial charge in [0.15, 0.2) is 12.4 Å². The number of carboxylic acids is 1. The van der Waals surface area contributed by atoms with Crippen LogP contribution in [0.3, 0.4) is 0 Å². The van der Waals surface area contributed by atoms with Gasteiger partial charge in [0, 0.05) is 29.9 Å². The van der Waals surface area contributed by atoms with Gasteiger partial charge in [-0.05, 0) is 35.4 Å². The number of para-hydroxylation sites is 1. The number of aromatic nitrogens is 1. The fourth-order valence-corrected chi connectivity index (χ4v) is 3.92. The number of hydrogen-bond donors (Lipinski definition) is 3. The van der Waals surface area contributed by atoms with E-state index in [0.29, 0.717) is 12.3 Å². The van der Waals surface area contributed by atoms with Gasteiger partial charge in [0.25, 0.3) is 6.73 Å². The third kappa shape index (κ3) is 8.82. The number of hydrogen-bond acceptors (Lipinski definition) is 5. The number of carbonyl (C=O) groups is 3. The van der Waals surface area contributed by atoms with Gasteiger partial charge in [-0.25, -0.2) is 9.59 Å². The van der Waals surface area contributed by atoms with Crippen molar-refractivity contribution in [3.05, 3.63) is 115 Å². The summed E-state index contributed by atoms with van der Waals surface area (Å²) >= 11 is 0. The molecule has 3 aromatic carbocycles.